The molecule has 2 rings (SSSR count). The fraction of sp³-hybridized carbons (Fsp3) is 0.417. The lowest BCUT2D eigenvalue weighted by Gasteiger charge is -2.07. The maximum Gasteiger partial charge on any atom is 0.183 e. The second-order valence-electron chi connectivity index (χ2n) is 3.78. The van der Waals surface area contributed by atoms with Crippen LogP contribution in [0.5, 0.6) is 5.75 Å². The Kier molecular flexibility index (Phi) is 4.12. The number of rotatable bonds is 5. The molecule has 1 atom stereocenters. The number of nitrogens with zero attached hydrogens (tertiary/aromatic N) is 1. The van der Waals surface area contributed by atoms with Crippen molar-refractivity contribution in [3.8, 4) is 5.75 Å². The quantitative estimate of drug-likeness (QED) is 0.900. The second-order valence-corrected chi connectivity index (χ2v) is 6.09. The molecule has 0 radical (unpaired) electrons. The van der Waals surface area contributed by atoms with Gasteiger partial charge in [0.1, 0.15) is 5.75 Å². The maximum absolute atomic E-state index is 5.20. The molecule has 0 aliphatic carbocycles. The van der Waals surface area contributed by atoms with Crippen LogP contribution in [0.1, 0.15) is 6.92 Å². The number of aromatic nitrogens is 1. The molecule has 0 aliphatic heterocycles. The van der Waals surface area contributed by atoms with Gasteiger partial charge in [-0.25, -0.2) is 4.98 Å². The molecule has 1 aromatic carbocycles. The van der Waals surface area contributed by atoms with Crippen LogP contribution in [0.15, 0.2) is 18.2 Å². The minimum Gasteiger partial charge on any atom is -0.497 e. The topological polar surface area (TPSA) is 34.1 Å². The zero-order valence-corrected chi connectivity index (χ0v) is 11.8. The zero-order valence-electron chi connectivity index (χ0n) is 10.2. The van der Waals surface area contributed by atoms with Crippen LogP contribution in [0.4, 0.5) is 5.13 Å². The SMILES string of the molecule is COc1ccc2nc(NCC(C)SC)sc2c1. The fourth-order valence-corrected chi connectivity index (χ4v) is 2.57. The molecule has 0 amide bonds. The zero-order chi connectivity index (χ0) is 12.3. The van der Waals surface area contributed by atoms with Gasteiger partial charge in [0.15, 0.2) is 5.13 Å². The monoisotopic (exact) mass is 268 g/mol. The number of fused-ring (bicyclic) bond motifs is 1. The first kappa shape index (κ1) is 12.5. The number of ether oxygens (including phenoxy) is 1. The molecule has 0 saturated heterocycles. The van der Waals surface area contributed by atoms with Gasteiger partial charge in [0.2, 0.25) is 0 Å². The van der Waals surface area contributed by atoms with Crippen LogP contribution in [-0.4, -0.2) is 30.1 Å². The molecule has 0 aliphatic rings. The third-order valence-electron chi connectivity index (χ3n) is 2.54. The molecule has 0 saturated carbocycles. The Balaban J connectivity index is 2.14. The Bertz CT molecular complexity index is 498. The summed E-state index contributed by atoms with van der Waals surface area (Å²) in [5, 5.41) is 4.94. The van der Waals surface area contributed by atoms with E-state index < -0.39 is 0 Å². The lowest BCUT2D eigenvalue weighted by atomic mass is 10.3. The average molecular weight is 268 g/mol. The van der Waals surface area contributed by atoms with Crippen molar-refractivity contribution < 1.29 is 4.74 Å². The molecule has 17 heavy (non-hydrogen) atoms. The van der Waals surface area contributed by atoms with Crippen LogP contribution in [0.25, 0.3) is 10.2 Å². The molecule has 3 nitrogen and oxygen atoms in total. The minimum absolute atomic E-state index is 0.594. The van der Waals surface area contributed by atoms with Crippen LogP contribution in [0, 0.1) is 0 Å². The Hall–Kier alpha value is -0.940. The third kappa shape index (κ3) is 3.04. The Morgan fingerprint density at radius 2 is 2.35 bits per heavy atom. The highest BCUT2D eigenvalue weighted by Crippen LogP contribution is 2.29. The van der Waals surface area contributed by atoms with E-state index in [1.165, 1.54) is 0 Å². The van der Waals surface area contributed by atoms with Gasteiger partial charge in [-0.2, -0.15) is 11.8 Å². The van der Waals surface area contributed by atoms with E-state index in [1.807, 2.05) is 30.0 Å². The van der Waals surface area contributed by atoms with Gasteiger partial charge >= 0.3 is 0 Å². The number of methoxy groups -OCH3 is 1. The van der Waals surface area contributed by atoms with E-state index in [9.17, 15) is 0 Å². The standard InChI is InChI=1S/C12H16N2OS2/c1-8(16-3)7-13-12-14-10-5-4-9(15-2)6-11(10)17-12/h4-6,8H,7H2,1-3H3,(H,13,14). The molecular weight excluding hydrogens is 252 g/mol. The summed E-state index contributed by atoms with van der Waals surface area (Å²) < 4.78 is 6.36. The van der Waals surface area contributed by atoms with E-state index in [0.29, 0.717) is 5.25 Å². The van der Waals surface area contributed by atoms with Crippen molar-refractivity contribution in [1.82, 2.24) is 4.98 Å². The van der Waals surface area contributed by atoms with Gasteiger partial charge in [0, 0.05) is 11.8 Å². The van der Waals surface area contributed by atoms with Gasteiger partial charge in [-0.05, 0) is 24.5 Å². The summed E-state index contributed by atoms with van der Waals surface area (Å²) in [6.45, 7) is 3.14. The number of benzene rings is 1. The molecule has 92 valence electrons. The van der Waals surface area contributed by atoms with Crippen molar-refractivity contribution in [2.75, 3.05) is 25.2 Å². The number of thiazole rings is 1. The van der Waals surface area contributed by atoms with Crippen molar-refractivity contribution in [1.29, 1.82) is 0 Å². The molecule has 5 heteroatoms. The molecule has 0 fully saturated rings. The molecule has 0 spiro atoms. The lowest BCUT2D eigenvalue weighted by molar-refractivity contribution is 0.415. The van der Waals surface area contributed by atoms with Crippen LogP contribution >= 0.6 is 23.1 Å². The second kappa shape index (κ2) is 5.60. The number of anilines is 1. The van der Waals surface area contributed by atoms with E-state index in [1.54, 1.807) is 18.4 Å². The molecule has 1 N–H and O–H groups in total. The maximum atomic E-state index is 5.20. The van der Waals surface area contributed by atoms with Gasteiger partial charge < -0.3 is 10.1 Å². The molecule has 2 aromatic rings. The summed E-state index contributed by atoms with van der Waals surface area (Å²) in [6, 6.07) is 5.96. The molecule has 1 unspecified atom stereocenters. The van der Waals surface area contributed by atoms with Crippen molar-refractivity contribution >= 4 is 38.4 Å². The molecule has 1 aromatic heterocycles. The van der Waals surface area contributed by atoms with Crippen LogP contribution in [0.3, 0.4) is 0 Å². The Morgan fingerprint density at radius 3 is 3.06 bits per heavy atom. The van der Waals surface area contributed by atoms with E-state index in [2.05, 4.69) is 23.5 Å². The van der Waals surface area contributed by atoms with Gasteiger partial charge in [-0.1, -0.05) is 18.3 Å². The summed E-state index contributed by atoms with van der Waals surface area (Å²) in [5.41, 5.74) is 1.02. The molecule has 0 bridgehead atoms. The van der Waals surface area contributed by atoms with E-state index in [-0.39, 0.29) is 0 Å². The van der Waals surface area contributed by atoms with Gasteiger partial charge in [0.25, 0.3) is 0 Å². The van der Waals surface area contributed by atoms with Gasteiger partial charge in [0.05, 0.1) is 17.3 Å². The fourth-order valence-electron chi connectivity index (χ4n) is 1.42. The smallest absolute Gasteiger partial charge is 0.183 e. The van der Waals surface area contributed by atoms with Gasteiger partial charge in [-0.3, -0.25) is 0 Å². The summed E-state index contributed by atoms with van der Waals surface area (Å²) in [6.07, 6.45) is 2.12. The highest BCUT2D eigenvalue weighted by Gasteiger charge is 2.06. The van der Waals surface area contributed by atoms with Crippen LogP contribution in [0.2, 0.25) is 0 Å². The first-order valence-corrected chi connectivity index (χ1v) is 7.54. The molecule has 1 heterocycles. The number of hydrogen-bond donors (Lipinski definition) is 1. The van der Waals surface area contributed by atoms with Crippen molar-refractivity contribution in [3.63, 3.8) is 0 Å². The Labute approximate surface area is 110 Å². The number of thioether (sulfide) groups is 1. The summed E-state index contributed by atoms with van der Waals surface area (Å²) in [5.74, 6) is 0.880. The van der Waals surface area contributed by atoms with Crippen molar-refractivity contribution in [2.24, 2.45) is 0 Å². The summed E-state index contributed by atoms with van der Waals surface area (Å²) in [7, 11) is 1.68. The normalized spacial score (nSPS) is 12.6. The first-order valence-electron chi connectivity index (χ1n) is 5.44. The third-order valence-corrected chi connectivity index (χ3v) is 4.49. The van der Waals surface area contributed by atoms with Crippen molar-refractivity contribution in [3.05, 3.63) is 18.2 Å². The van der Waals surface area contributed by atoms with Crippen LogP contribution < -0.4 is 10.1 Å². The average Bonchev–Trinajstić information content (AvgIpc) is 2.77. The highest BCUT2D eigenvalue weighted by atomic mass is 32.2. The largest absolute Gasteiger partial charge is 0.497 e. The van der Waals surface area contributed by atoms with Crippen LogP contribution in [-0.2, 0) is 0 Å². The number of nitrogens with one attached hydrogen (secondary N) is 1. The van der Waals surface area contributed by atoms with Gasteiger partial charge in [-0.15, -0.1) is 0 Å². The first-order chi connectivity index (χ1) is 8.22. The van der Waals surface area contributed by atoms with Crippen molar-refractivity contribution in [2.45, 2.75) is 12.2 Å². The summed E-state index contributed by atoms with van der Waals surface area (Å²) in [4.78, 5) is 4.54. The van der Waals surface area contributed by atoms with E-state index in [4.69, 9.17) is 4.74 Å². The lowest BCUT2D eigenvalue weighted by Crippen LogP contribution is -2.12. The summed E-state index contributed by atoms with van der Waals surface area (Å²) >= 11 is 3.52. The molecular formula is C12H16N2OS2. The Morgan fingerprint density at radius 1 is 1.53 bits per heavy atom. The van der Waals surface area contributed by atoms with E-state index >= 15 is 0 Å². The minimum atomic E-state index is 0.594. The number of hydrogen-bond acceptors (Lipinski definition) is 5. The predicted octanol–water partition coefficient (Wildman–Crippen LogP) is 3.47. The highest BCUT2D eigenvalue weighted by molar-refractivity contribution is 7.99. The predicted molar refractivity (Wildman–Crippen MR) is 77.6 cm³/mol. The van der Waals surface area contributed by atoms with E-state index in [0.717, 1.165) is 27.6 Å².